The van der Waals surface area contributed by atoms with Crippen LogP contribution in [0.1, 0.15) is 31.9 Å². The summed E-state index contributed by atoms with van der Waals surface area (Å²) in [5.41, 5.74) is 7.09. The van der Waals surface area contributed by atoms with E-state index in [1.165, 1.54) is 19.3 Å². The van der Waals surface area contributed by atoms with Crippen LogP contribution >= 0.6 is 0 Å². The van der Waals surface area contributed by atoms with Crippen LogP contribution in [0.4, 0.5) is 5.69 Å². The lowest BCUT2D eigenvalue weighted by atomic mass is 9.95. The van der Waals surface area contributed by atoms with Crippen molar-refractivity contribution in [2.45, 2.75) is 26.2 Å². The Kier molecular flexibility index (Phi) is 3.61. The number of nitrogens with zero attached hydrogens (tertiary/aromatic N) is 2. The van der Waals surface area contributed by atoms with Gasteiger partial charge in [-0.3, -0.25) is 10.4 Å². The number of rotatable bonds is 3. The monoisotopic (exact) mass is 232 g/mol. The molecule has 1 aromatic heterocycles. The zero-order valence-electron chi connectivity index (χ0n) is 10.3. The summed E-state index contributed by atoms with van der Waals surface area (Å²) in [6, 6.07) is 3.84. The van der Waals surface area contributed by atoms with Gasteiger partial charge in [-0.25, -0.2) is 0 Å². The Morgan fingerprint density at radius 2 is 2.41 bits per heavy atom. The Labute approximate surface area is 102 Å². The molecule has 1 atom stereocenters. The molecule has 2 rings (SSSR count). The highest BCUT2D eigenvalue weighted by molar-refractivity contribution is 5.93. The average Bonchev–Trinajstić information content (AvgIpc) is 2.39. The molecule has 1 saturated heterocycles. The van der Waals surface area contributed by atoms with E-state index in [1.807, 2.05) is 18.3 Å². The third-order valence-corrected chi connectivity index (χ3v) is 3.49. The van der Waals surface area contributed by atoms with Gasteiger partial charge in [0.25, 0.3) is 0 Å². The third kappa shape index (κ3) is 2.75. The largest absolute Gasteiger partial charge is 0.382 e. The number of hydrogen-bond acceptors (Lipinski definition) is 3. The number of piperidine rings is 1. The highest BCUT2D eigenvalue weighted by Crippen LogP contribution is 2.24. The van der Waals surface area contributed by atoms with Crippen molar-refractivity contribution < 1.29 is 0 Å². The minimum Gasteiger partial charge on any atom is -0.382 e. The number of pyridine rings is 1. The molecule has 0 aliphatic carbocycles. The predicted octanol–water partition coefficient (Wildman–Crippen LogP) is 1.99. The summed E-state index contributed by atoms with van der Waals surface area (Å²) in [4.78, 5) is 6.60. The molecule has 1 aliphatic rings. The summed E-state index contributed by atoms with van der Waals surface area (Å²) in [7, 11) is 0. The molecule has 3 N–H and O–H groups in total. The second-order valence-corrected chi connectivity index (χ2v) is 4.68. The van der Waals surface area contributed by atoms with E-state index in [1.54, 1.807) is 0 Å². The Hall–Kier alpha value is -1.58. The molecule has 1 unspecified atom stereocenters. The van der Waals surface area contributed by atoms with Gasteiger partial charge < -0.3 is 10.6 Å². The molecule has 0 saturated carbocycles. The smallest absolute Gasteiger partial charge is 0.141 e. The molecule has 1 aromatic rings. The lowest BCUT2D eigenvalue weighted by Gasteiger charge is -2.33. The van der Waals surface area contributed by atoms with Gasteiger partial charge in [-0.15, -0.1) is 0 Å². The van der Waals surface area contributed by atoms with Crippen LogP contribution in [0.25, 0.3) is 0 Å². The van der Waals surface area contributed by atoms with Crippen LogP contribution in [0.5, 0.6) is 0 Å². The molecule has 1 fully saturated rings. The Morgan fingerprint density at radius 3 is 3.00 bits per heavy atom. The molecule has 92 valence electrons. The SMILES string of the molecule is CCC1CCCN(c2ccc(C(=N)N)nc2)C1. The zero-order valence-corrected chi connectivity index (χ0v) is 10.3. The van der Waals surface area contributed by atoms with E-state index in [-0.39, 0.29) is 5.84 Å². The minimum atomic E-state index is 0.0293. The number of anilines is 1. The highest BCUT2D eigenvalue weighted by atomic mass is 15.1. The van der Waals surface area contributed by atoms with Crippen LogP contribution in [0, 0.1) is 11.3 Å². The Bertz CT molecular complexity index is 385. The summed E-state index contributed by atoms with van der Waals surface area (Å²) in [6.07, 6.45) is 5.67. The molecule has 0 radical (unpaired) electrons. The third-order valence-electron chi connectivity index (χ3n) is 3.49. The van der Waals surface area contributed by atoms with E-state index >= 15 is 0 Å². The molecular weight excluding hydrogens is 212 g/mol. The van der Waals surface area contributed by atoms with Crippen molar-refractivity contribution in [1.29, 1.82) is 5.41 Å². The molecule has 4 heteroatoms. The first kappa shape index (κ1) is 11.9. The molecule has 0 amide bonds. The standard InChI is InChI=1S/C13H20N4/c1-2-10-4-3-7-17(9-10)11-5-6-12(13(14)15)16-8-11/h5-6,8,10H,2-4,7,9H2,1H3,(H3,14,15). The molecular formula is C13H20N4. The van der Waals surface area contributed by atoms with E-state index in [0.717, 1.165) is 24.7 Å². The maximum absolute atomic E-state index is 7.31. The molecule has 1 aliphatic heterocycles. The molecule has 2 heterocycles. The van der Waals surface area contributed by atoms with Crippen LogP contribution in [0.3, 0.4) is 0 Å². The second kappa shape index (κ2) is 5.17. The maximum atomic E-state index is 7.31. The number of nitrogens with two attached hydrogens (primary N) is 1. The first-order chi connectivity index (χ1) is 8.20. The van der Waals surface area contributed by atoms with Gasteiger partial charge in [-0.2, -0.15) is 0 Å². The lowest BCUT2D eigenvalue weighted by Crippen LogP contribution is -2.35. The number of nitrogen functional groups attached to an aromatic ring is 1. The Morgan fingerprint density at radius 1 is 1.59 bits per heavy atom. The minimum absolute atomic E-state index is 0.0293. The van der Waals surface area contributed by atoms with Crippen LogP contribution < -0.4 is 10.6 Å². The molecule has 0 aromatic carbocycles. The van der Waals surface area contributed by atoms with Crippen LogP contribution in [0.15, 0.2) is 18.3 Å². The first-order valence-electron chi connectivity index (χ1n) is 6.26. The van der Waals surface area contributed by atoms with E-state index in [9.17, 15) is 0 Å². The normalized spacial score (nSPS) is 20.3. The average molecular weight is 232 g/mol. The summed E-state index contributed by atoms with van der Waals surface area (Å²) < 4.78 is 0. The van der Waals surface area contributed by atoms with E-state index in [0.29, 0.717) is 5.69 Å². The van der Waals surface area contributed by atoms with E-state index in [4.69, 9.17) is 11.1 Å². The number of amidine groups is 1. The lowest BCUT2D eigenvalue weighted by molar-refractivity contribution is 0.404. The molecule has 17 heavy (non-hydrogen) atoms. The van der Waals surface area contributed by atoms with E-state index < -0.39 is 0 Å². The predicted molar refractivity (Wildman–Crippen MR) is 70.5 cm³/mol. The van der Waals surface area contributed by atoms with Crippen molar-refractivity contribution in [3.8, 4) is 0 Å². The Balaban J connectivity index is 2.08. The molecule has 4 nitrogen and oxygen atoms in total. The summed E-state index contributed by atoms with van der Waals surface area (Å²) >= 11 is 0. The fourth-order valence-electron chi connectivity index (χ4n) is 2.37. The number of aromatic nitrogens is 1. The van der Waals surface area contributed by atoms with Crippen molar-refractivity contribution in [3.05, 3.63) is 24.0 Å². The van der Waals surface area contributed by atoms with Gasteiger partial charge in [-0.1, -0.05) is 13.3 Å². The van der Waals surface area contributed by atoms with Crippen molar-refractivity contribution in [3.63, 3.8) is 0 Å². The van der Waals surface area contributed by atoms with Crippen molar-refractivity contribution in [2.75, 3.05) is 18.0 Å². The van der Waals surface area contributed by atoms with Gasteiger partial charge >= 0.3 is 0 Å². The highest BCUT2D eigenvalue weighted by Gasteiger charge is 2.18. The van der Waals surface area contributed by atoms with Crippen LogP contribution in [-0.4, -0.2) is 23.9 Å². The van der Waals surface area contributed by atoms with E-state index in [2.05, 4.69) is 16.8 Å². The number of nitrogens with one attached hydrogen (secondary N) is 1. The maximum Gasteiger partial charge on any atom is 0.141 e. The van der Waals surface area contributed by atoms with Gasteiger partial charge in [0.2, 0.25) is 0 Å². The summed E-state index contributed by atoms with van der Waals surface area (Å²) in [6.45, 7) is 4.49. The van der Waals surface area contributed by atoms with Gasteiger partial charge in [0, 0.05) is 13.1 Å². The number of hydrogen-bond donors (Lipinski definition) is 2. The molecule has 0 spiro atoms. The summed E-state index contributed by atoms with van der Waals surface area (Å²) in [5.74, 6) is 0.831. The quantitative estimate of drug-likeness (QED) is 0.618. The van der Waals surface area contributed by atoms with Crippen molar-refractivity contribution in [1.82, 2.24) is 4.98 Å². The fourth-order valence-corrected chi connectivity index (χ4v) is 2.37. The van der Waals surface area contributed by atoms with Crippen molar-refractivity contribution in [2.24, 2.45) is 11.7 Å². The second-order valence-electron chi connectivity index (χ2n) is 4.68. The fraction of sp³-hybridized carbons (Fsp3) is 0.538. The van der Waals surface area contributed by atoms with Gasteiger partial charge in [0.15, 0.2) is 0 Å². The van der Waals surface area contributed by atoms with Gasteiger partial charge in [0.1, 0.15) is 11.5 Å². The van der Waals surface area contributed by atoms with Crippen molar-refractivity contribution >= 4 is 11.5 Å². The molecule has 0 bridgehead atoms. The van der Waals surface area contributed by atoms with Crippen LogP contribution in [0.2, 0.25) is 0 Å². The van der Waals surface area contributed by atoms with Gasteiger partial charge in [-0.05, 0) is 30.9 Å². The first-order valence-corrected chi connectivity index (χ1v) is 6.26. The topological polar surface area (TPSA) is 66.0 Å². The van der Waals surface area contributed by atoms with Crippen LogP contribution in [-0.2, 0) is 0 Å². The van der Waals surface area contributed by atoms with Gasteiger partial charge in [0.05, 0.1) is 11.9 Å². The zero-order chi connectivity index (χ0) is 12.3. The summed E-state index contributed by atoms with van der Waals surface area (Å²) in [5, 5.41) is 7.31.